The Hall–Kier alpha value is -2.57. The van der Waals surface area contributed by atoms with E-state index < -0.39 is 0 Å². The molecule has 1 fully saturated rings. The van der Waals surface area contributed by atoms with Crippen LogP contribution in [0.4, 0.5) is 5.82 Å². The maximum Gasteiger partial charge on any atom is 0.162 e. The number of pyridine rings is 1. The van der Waals surface area contributed by atoms with E-state index in [-0.39, 0.29) is 6.10 Å². The molecule has 1 aliphatic rings. The van der Waals surface area contributed by atoms with Gasteiger partial charge in [0.25, 0.3) is 0 Å². The summed E-state index contributed by atoms with van der Waals surface area (Å²) < 4.78 is 11.1. The van der Waals surface area contributed by atoms with Crippen molar-refractivity contribution in [3.63, 3.8) is 0 Å². The molecule has 3 aromatic rings. The zero-order valence-electron chi connectivity index (χ0n) is 13.2. The summed E-state index contributed by atoms with van der Waals surface area (Å²) in [4.78, 5) is 13.4. The van der Waals surface area contributed by atoms with E-state index in [1.807, 2.05) is 36.4 Å². The molecular weight excluding hydrogens is 304 g/mol. The minimum Gasteiger partial charge on any atom is -0.376 e. The van der Waals surface area contributed by atoms with Crippen LogP contribution in [0.2, 0.25) is 0 Å². The van der Waals surface area contributed by atoms with Gasteiger partial charge in [-0.2, -0.15) is 0 Å². The van der Waals surface area contributed by atoms with E-state index in [0.717, 1.165) is 22.3 Å². The Kier molecular flexibility index (Phi) is 4.31. The second-order valence-electron chi connectivity index (χ2n) is 5.60. The third-order valence-electron chi connectivity index (χ3n) is 3.92. The van der Waals surface area contributed by atoms with Gasteiger partial charge < -0.3 is 14.8 Å². The maximum absolute atomic E-state index is 5.69. The fourth-order valence-electron chi connectivity index (χ4n) is 2.71. The molecule has 0 bridgehead atoms. The number of anilines is 1. The maximum atomic E-state index is 5.69. The zero-order valence-corrected chi connectivity index (χ0v) is 13.2. The van der Waals surface area contributed by atoms with Gasteiger partial charge in [0, 0.05) is 29.9 Å². The largest absolute Gasteiger partial charge is 0.376 e. The molecule has 1 unspecified atom stereocenters. The van der Waals surface area contributed by atoms with E-state index in [2.05, 4.69) is 15.3 Å². The number of nitrogens with zero attached hydrogens (tertiary/aromatic N) is 3. The van der Waals surface area contributed by atoms with Crippen LogP contribution in [-0.4, -0.2) is 47.4 Å². The monoisotopic (exact) mass is 322 g/mol. The van der Waals surface area contributed by atoms with E-state index in [4.69, 9.17) is 14.5 Å². The van der Waals surface area contributed by atoms with Gasteiger partial charge >= 0.3 is 0 Å². The summed E-state index contributed by atoms with van der Waals surface area (Å²) in [5.41, 5.74) is 1.85. The molecule has 1 aliphatic heterocycles. The average Bonchev–Trinajstić information content (AvgIpc) is 2.67. The first-order valence-electron chi connectivity index (χ1n) is 8.00. The van der Waals surface area contributed by atoms with Gasteiger partial charge in [-0.1, -0.05) is 12.1 Å². The smallest absolute Gasteiger partial charge is 0.162 e. The minimum absolute atomic E-state index is 0.0388. The Labute approximate surface area is 139 Å². The van der Waals surface area contributed by atoms with Crippen LogP contribution in [0.25, 0.3) is 22.3 Å². The van der Waals surface area contributed by atoms with E-state index in [9.17, 15) is 0 Å². The Balaban J connectivity index is 1.67. The zero-order chi connectivity index (χ0) is 16.2. The quantitative estimate of drug-likeness (QED) is 0.796. The number of hydrogen-bond acceptors (Lipinski definition) is 6. The number of rotatable bonds is 4. The normalized spacial score (nSPS) is 17.8. The Morgan fingerprint density at radius 2 is 1.92 bits per heavy atom. The van der Waals surface area contributed by atoms with Crippen LogP contribution in [0.1, 0.15) is 0 Å². The van der Waals surface area contributed by atoms with Gasteiger partial charge in [-0.25, -0.2) is 9.97 Å². The fraction of sp³-hybridized carbons (Fsp3) is 0.278. The molecule has 0 spiro atoms. The second-order valence-corrected chi connectivity index (χ2v) is 5.60. The summed E-state index contributed by atoms with van der Waals surface area (Å²) in [5.74, 6) is 1.49. The number of aromatic nitrogens is 3. The molecule has 24 heavy (non-hydrogen) atoms. The number of nitrogens with one attached hydrogen (secondary N) is 1. The first kappa shape index (κ1) is 15.0. The van der Waals surface area contributed by atoms with Gasteiger partial charge in [-0.15, -0.1) is 0 Å². The number of para-hydroxylation sites is 1. The van der Waals surface area contributed by atoms with E-state index in [1.165, 1.54) is 0 Å². The minimum atomic E-state index is 0.0388. The molecule has 0 saturated carbocycles. The van der Waals surface area contributed by atoms with Gasteiger partial charge in [0.05, 0.1) is 31.4 Å². The van der Waals surface area contributed by atoms with Gasteiger partial charge in [0.15, 0.2) is 5.82 Å². The number of hydrogen-bond donors (Lipinski definition) is 1. The molecule has 1 aromatic carbocycles. The molecule has 6 nitrogen and oxygen atoms in total. The molecule has 1 saturated heterocycles. The van der Waals surface area contributed by atoms with Crippen LogP contribution in [-0.2, 0) is 9.47 Å². The van der Waals surface area contributed by atoms with Crippen molar-refractivity contribution in [2.24, 2.45) is 0 Å². The first-order valence-corrected chi connectivity index (χ1v) is 8.00. The summed E-state index contributed by atoms with van der Waals surface area (Å²) in [6, 6.07) is 11.8. The van der Waals surface area contributed by atoms with Crippen molar-refractivity contribution in [3.8, 4) is 11.4 Å². The van der Waals surface area contributed by atoms with Crippen LogP contribution in [0.15, 0.2) is 48.8 Å². The van der Waals surface area contributed by atoms with Crippen LogP contribution >= 0.6 is 0 Å². The number of fused-ring (bicyclic) bond motifs is 1. The Morgan fingerprint density at radius 3 is 2.75 bits per heavy atom. The highest BCUT2D eigenvalue weighted by atomic mass is 16.6. The third-order valence-corrected chi connectivity index (χ3v) is 3.92. The van der Waals surface area contributed by atoms with Crippen LogP contribution in [0.3, 0.4) is 0 Å². The van der Waals surface area contributed by atoms with Crippen LogP contribution in [0.5, 0.6) is 0 Å². The van der Waals surface area contributed by atoms with Crippen LogP contribution in [0, 0.1) is 0 Å². The lowest BCUT2D eigenvalue weighted by atomic mass is 10.2. The molecule has 122 valence electrons. The Morgan fingerprint density at radius 1 is 1.04 bits per heavy atom. The average molecular weight is 322 g/mol. The highest BCUT2D eigenvalue weighted by Gasteiger charge is 2.15. The molecule has 0 radical (unpaired) electrons. The molecule has 3 heterocycles. The SMILES string of the molecule is c1ccc2c(NCC3COCCO3)nc(-c3ccncc3)nc2c1. The summed E-state index contributed by atoms with van der Waals surface area (Å²) in [7, 11) is 0. The Bertz CT molecular complexity index is 820. The van der Waals surface area contributed by atoms with Gasteiger partial charge in [0.2, 0.25) is 0 Å². The highest BCUT2D eigenvalue weighted by molar-refractivity contribution is 5.90. The molecule has 1 N–H and O–H groups in total. The van der Waals surface area contributed by atoms with Crippen molar-refractivity contribution in [1.29, 1.82) is 0 Å². The number of benzene rings is 1. The highest BCUT2D eigenvalue weighted by Crippen LogP contribution is 2.24. The van der Waals surface area contributed by atoms with Crippen molar-refractivity contribution < 1.29 is 9.47 Å². The van der Waals surface area contributed by atoms with Crippen molar-refractivity contribution in [2.45, 2.75) is 6.10 Å². The van der Waals surface area contributed by atoms with Crippen molar-refractivity contribution in [1.82, 2.24) is 15.0 Å². The lowest BCUT2D eigenvalue weighted by Crippen LogP contribution is -2.34. The fourth-order valence-corrected chi connectivity index (χ4v) is 2.71. The molecule has 6 heteroatoms. The lowest BCUT2D eigenvalue weighted by Gasteiger charge is -2.23. The van der Waals surface area contributed by atoms with Crippen molar-refractivity contribution >= 4 is 16.7 Å². The molecule has 4 rings (SSSR count). The third kappa shape index (κ3) is 3.20. The summed E-state index contributed by atoms with van der Waals surface area (Å²) in [6.45, 7) is 2.56. The second kappa shape index (κ2) is 6.90. The first-order chi connectivity index (χ1) is 11.9. The lowest BCUT2D eigenvalue weighted by molar-refractivity contribution is -0.0819. The topological polar surface area (TPSA) is 69.2 Å². The summed E-state index contributed by atoms with van der Waals surface area (Å²) in [6.07, 6.45) is 3.53. The van der Waals surface area contributed by atoms with E-state index >= 15 is 0 Å². The predicted molar refractivity (Wildman–Crippen MR) is 91.8 cm³/mol. The van der Waals surface area contributed by atoms with Crippen molar-refractivity contribution in [2.75, 3.05) is 31.7 Å². The molecule has 0 aliphatic carbocycles. The van der Waals surface area contributed by atoms with Gasteiger partial charge in [0.1, 0.15) is 5.82 Å². The van der Waals surface area contributed by atoms with Crippen LogP contribution < -0.4 is 5.32 Å². The van der Waals surface area contributed by atoms with E-state index in [1.54, 1.807) is 12.4 Å². The van der Waals surface area contributed by atoms with Crippen molar-refractivity contribution in [3.05, 3.63) is 48.8 Å². The summed E-state index contributed by atoms with van der Waals surface area (Å²) in [5, 5.41) is 4.39. The van der Waals surface area contributed by atoms with Gasteiger partial charge in [-0.05, 0) is 24.3 Å². The number of ether oxygens (including phenoxy) is 2. The predicted octanol–water partition coefficient (Wildman–Crippen LogP) is 2.52. The molecule has 1 atom stereocenters. The standard InChI is InChI=1S/C18H18N4O2/c1-2-4-16-15(3-1)18(20-11-14-12-23-9-10-24-14)22-17(21-16)13-5-7-19-8-6-13/h1-8,14H,9-12H2,(H,20,21,22). The molecular formula is C18H18N4O2. The summed E-state index contributed by atoms with van der Waals surface area (Å²) >= 11 is 0. The van der Waals surface area contributed by atoms with E-state index in [0.29, 0.717) is 32.2 Å². The van der Waals surface area contributed by atoms with Gasteiger partial charge in [-0.3, -0.25) is 4.98 Å². The molecule has 0 amide bonds. The molecule has 2 aromatic heterocycles.